The van der Waals surface area contributed by atoms with E-state index >= 15 is 0 Å². The molecule has 1 amide bonds. The van der Waals surface area contributed by atoms with Crippen molar-refractivity contribution >= 4 is 5.91 Å². The fraction of sp³-hybridized carbons (Fsp3) is 0.909. The maximum atomic E-state index is 11.9. The molecule has 1 unspecified atom stereocenters. The minimum Gasteiger partial charge on any atom is -0.395 e. The van der Waals surface area contributed by atoms with E-state index in [2.05, 4.69) is 6.92 Å². The molecule has 0 aliphatic rings. The normalized spacial score (nSPS) is 12.5. The van der Waals surface area contributed by atoms with Crippen molar-refractivity contribution in [2.24, 2.45) is 5.73 Å². The molecule has 0 radical (unpaired) electrons. The molecule has 0 aromatic rings. The van der Waals surface area contributed by atoms with Gasteiger partial charge in [-0.05, 0) is 6.42 Å². The third-order valence-electron chi connectivity index (χ3n) is 2.43. The smallest absolute Gasteiger partial charge is 0.239 e. The molecule has 0 aromatic heterocycles. The Morgan fingerprint density at radius 3 is 2.69 bits per heavy atom. The van der Waals surface area contributed by atoms with Crippen LogP contribution in [0.3, 0.4) is 0 Å². The Bertz CT molecular complexity index is 188. The molecule has 16 heavy (non-hydrogen) atoms. The van der Waals surface area contributed by atoms with Crippen LogP contribution in [0.1, 0.15) is 26.2 Å². The number of nitrogens with zero attached hydrogens (tertiary/aromatic N) is 1. The lowest BCUT2D eigenvalue weighted by Crippen LogP contribution is -2.46. The van der Waals surface area contributed by atoms with Crippen LogP contribution in [0, 0.1) is 0 Å². The molecule has 0 rings (SSSR count). The molecule has 0 saturated carbocycles. The Hall–Kier alpha value is -0.650. The highest BCUT2D eigenvalue weighted by molar-refractivity contribution is 5.81. The number of carbonyl (C=O) groups excluding carboxylic acids is 1. The van der Waals surface area contributed by atoms with Crippen LogP contribution >= 0.6 is 0 Å². The van der Waals surface area contributed by atoms with Crippen molar-refractivity contribution in [1.82, 2.24) is 4.90 Å². The largest absolute Gasteiger partial charge is 0.395 e. The standard InChI is InChI=1S/C11H24N2O3/c1-3-4-5-10(12)11(15)13(6-8-14)7-9-16-2/h10,14H,3-9,12H2,1-2H3. The monoisotopic (exact) mass is 232 g/mol. The van der Waals surface area contributed by atoms with Gasteiger partial charge in [-0.1, -0.05) is 19.8 Å². The summed E-state index contributed by atoms with van der Waals surface area (Å²) >= 11 is 0. The average molecular weight is 232 g/mol. The first-order valence-electron chi connectivity index (χ1n) is 5.81. The number of aliphatic hydroxyl groups excluding tert-OH is 1. The van der Waals surface area contributed by atoms with E-state index in [1.165, 1.54) is 0 Å². The minimum absolute atomic E-state index is 0.0457. The van der Waals surface area contributed by atoms with E-state index < -0.39 is 6.04 Å². The number of methoxy groups -OCH3 is 1. The van der Waals surface area contributed by atoms with Gasteiger partial charge in [0.25, 0.3) is 0 Å². The fourth-order valence-electron chi connectivity index (χ4n) is 1.44. The molecule has 1 atom stereocenters. The zero-order valence-electron chi connectivity index (χ0n) is 10.3. The molecule has 0 spiro atoms. The second kappa shape index (κ2) is 9.57. The summed E-state index contributed by atoms with van der Waals surface area (Å²) < 4.78 is 4.91. The highest BCUT2D eigenvalue weighted by Gasteiger charge is 2.19. The van der Waals surface area contributed by atoms with E-state index in [0.29, 0.717) is 26.1 Å². The number of carbonyl (C=O) groups is 1. The predicted octanol–water partition coefficient (Wildman–Crippen LogP) is -0.0288. The van der Waals surface area contributed by atoms with E-state index in [0.717, 1.165) is 12.8 Å². The van der Waals surface area contributed by atoms with Gasteiger partial charge in [-0.25, -0.2) is 0 Å². The third kappa shape index (κ3) is 6.05. The fourth-order valence-corrected chi connectivity index (χ4v) is 1.44. The van der Waals surface area contributed by atoms with Crippen molar-refractivity contribution in [1.29, 1.82) is 0 Å². The maximum absolute atomic E-state index is 11.9. The van der Waals surface area contributed by atoms with Crippen molar-refractivity contribution in [2.75, 3.05) is 33.4 Å². The first-order valence-corrected chi connectivity index (χ1v) is 5.81. The molecule has 5 nitrogen and oxygen atoms in total. The summed E-state index contributed by atoms with van der Waals surface area (Å²) in [5, 5.41) is 8.87. The number of hydrogen-bond donors (Lipinski definition) is 2. The maximum Gasteiger partial charge on any atom is 0.239 e. The van der Waals surface area contributed by atoms with Crippen LogP contribution in [0.2, 0.25) is 0 Å². The van der Waals surface area contributed by atoms with Crippen LogP contribution < -0.4 is 5.73 Å². The summed E-state index contributed by atoms with van der Waals surface area (Å²) in [6.07, 6.45) is 2.67. The van der Waals surface area contributed by atoms with E-state index in [1.54, 1.807) is 12.0 Å². The Morgan fingerprint density at radius 2 is 2.19 bits per heavy atom. The van der Waals surface area contributed by atoms with Crippen molar-refractivity contribution in [2.45, 2.75) is 32.2 Å². The van der Waals surface area contributed by atoms with E-state index in [-0.39, 0.29) is 12.5 Å². The number of hydrogen-bond acceptors (Lipinski definition) is 4. The number of nitrogens with two attached hydrogens (primary N) is 1. The van der Waals surface area contributed by atoms with Gasteiger partial charge in [-0.2, -0.15) is 0 Å². The van der Waals surface area contributed by atoms with Crippen LogP contribution in [-0.4, -0.2) is 55.4 Å². The number of aliphatic hydroxyl groups is 1. The molecule has 0 aliphatic heterocycles. The van der Waals surface area contributed by atoms with Crippen molar-refractivity contribution in [3.63, 3.8) is 0 Å². The average Bonchev–Trinajstić information content (AvgIpc) is 2.30. The number of rotatable bonds is 9. The highest BCUT2D eigenvalue weighted by atomic mass is 16.5. The summed E-state index contributed by atoms with van der Waals surface area (Å²) in [7, 11) is 1.58. The Morgan fingerprint density at radius 1 is 1.50 bits per heavy atom. The van der Waals surface area contributed by atoms with Gasteiger partial charge in [-0.3, -0.25) is 4.79 Å². The molecule has 5 heteroatoms. The van der Waals surface area contributed by atoms with Crippen LogP contribution in [-0.2, 0) is 9.53 Å². The van der Waals surface area contributed by atoms with Gasteiger partial charge in [0.2, 0.25) is 5.91 Å². The predicted molar refractivity (Wildman–Crippen MR) is 63.0 cm³/mol. The summed E-state index contributed by atoms with van der Waals surface area (Å²) in [4.78, 5) is 13.4. The molecule has 0 aromatic carbocycles. The molecule has 0 saturated heterocycles. The second-order valence-corrected chi connectivity index (χ2v) is 3.79. The van der Waals surface area contributed by atoms with Gasteiger partial charge in [0.1, 0.15) is 0 Å². The van der Waals surface area contributed by atoms with Crippen LogP contribution in [0.5, 0.6) is 0 Å². The summed E-state index contributed by atoms with van der Waals surface area (Å²) in [5.74, 6) is -0.0976. The quantitative estimate of drug-likeness (QED) is 0.585. The van der Waals surface area contributed by atoms with Crippen LogP contribution in [0.15, 0.2) is 0 Å². The topological polar surface area (TPSA) is 75.8 Å². The molecular weight excluding hydrogens is 208 g/mol. The Balaban J connectivity index is 4.12. The number of amides is 1. The van der Waals surface area contributed by atoms with Gasteiger partial charge in [0.15, 0.2) is 0 Å². The van der Waals surface area contributed by atoms with Gasteiger partial charge in [-0.15, -0.1) is 0 Å². The summed E-state index contributed by atoms with van der Waals surface area (Å²) in [6, 6.07) is -0.455. The zero-order chi connectivity index (χ0) is 12.4. The van der Waals surface area contributed by atoms with Crippen LogP contribution in [0.25, 0.3) is 0 Å². The van der Waals surface area contributed by atoms with Gasteiger partial charge in [0, 0.05) is 20.2 Å². The van der Waals surface area contributed by atoms with Crippen molar-refractivity contribution in [3.8, 4) is 0 Å². The number of unbranched alkanes of at least 4 members (excludes halogenated alkanes) is 1. The minimum atomic E-state index is -0.455. The zero-order valence-corrected chi connectivity index (χ0v) is 10.3. The Labute approximate surface area is 97.6 Å². The van der Waals surface area contributed by atoms with E-state index in [9.17, 15) is 4.79 Å². The third-order valence-corrected chi connectivity index (χ3v) is 2.43. The molecule has 0 bridgehead atoms. The van der Waals surface area contributed by atoms with E-state index in [1.807, 2.05) is 0 Å². The molecule has 3 N–H and O–H groups in total. The molecule has 0 fully saturated rings. The summed E-state index contributed by atoms with van der Waals surface area (Å²) in [6.45, 7) is 3.29. The molecule has 0 heterocycles. The number of ether oxygens (including phenoxy) is 1. The second-order valence-electron chi connectivity index (χ2n) is 3.79. The lowest BCUT2D eigenvalue weighted by Gasteiger charge is -2.24. The lowest BCUT2D eigenvalue weighted by atomic mass is 10.1. The first kappa shape index (κ1) is 15.3. The molecule has 96 valence electrons. The first-order chi connectivity index (χ1) is 7.67. The summed E-state index contributed by atoms with van der Waals surface area (Å²) in [5.41, 5.74) is 5.79. The van der Waals surface area contributed by atoms with Gasteiger partial charge >= 0.3 is 0 Å². The van der Waals surface area contributed by atoms with E-state index in [4.69, 9.17) is 15.6 Å². The van der Waals surface area contributed by atoms with Gasteiger partial charge < -0.3 is 20.5 Å². The lowest BCUT2D eigenvalue weighted by molar-refractivity contribution is -0.133. The van der Waals surface area contributed by atoms with Gasteiger partial charge in [0.05, 0.1) is 19.3 Å². The highest BCUT2D eigenvalue weighted by Crippen LogP contribution is 2.02. The van der Waals surface area contributed by atoms with Crippen molar-refractivity contribution < 1.29 is 14.6 Å². The molecule has 0 aliphatic carbocycles. The van der Waals surface area contributed by atoms with Crippen LogP contribution in [0.4, 0.5) is 0 Å². The SMILES string of the molecule is CCCCC(N)C(=O)N(CCO)CCOC. The Kier molecular flexibility index (Phi) is 9.18. The van der Waals surface area contributed by atoms with Crippen molar-refractivity contribution in [3.05, 3.63) is 0 Å². The molecular formula is C11H24N2O3.